The van der Waals surface area contributed by atoms with Gasteiger partial charge in [0.15, 0.2) is 17.7 Å². The number of aliphatic hydroxyl groups is 1. The maximum atomic E-state index is 13.2. The minimum Gasteiger partial charge on any atom is -0.494 e. The van der Waals surface area contributed by atoms with Crippen LogP contribution in [0.1, 0.15) is 11.7 Å². The van der Waals surface area contributed by atoms with Crippen molar-refractivity contribution in [3.8, 4) is 5.75 Å². The van der Waals surface area contributed by atoms with Gasteiger partial charge < -0.3 is 14.9 Å². The topological polar surface area (TPSA) is 66.8 Å². The third kappa shape index (κ3) is 2.37. The lowest BCUT2D eigenvalue weighted by molar-refractivity contribution is -0.146. The van der Waals surface area contributed by atoms with E-state index in [1.165, 1.54) is 7.11 Å². The summed E-state index contributed by atoms with van der Waals surface area (Å²) in [5.74, 6) is -2.45. The summed E-state index contributed by atoms with van der Waals surface area (Å²) in [6.45, 7) is 0. The molecule has 15 heavy (non-hydrogen) atoms. The smallest absolute Gasteiger partial charge is 0.337 e. The van der Waals surface area contributed by atoms with Crippen LogP contribution in [0.3, 0.4) is 0 Å². The largest absolute Gasteiger partial charge is 0.494 e. The van der Waals surface area contributed by atoms with Gasteiger partial charge in [-0.1, -0.05) is 11.6 Å². The Labute approximate surface area is 89.9 Å². The van der Waals surface area contributed by atoms with E-state index < -0.39 is 17.9 Å². The van der Waals surface area contributed by atoms with Crippen LogP contribution in [0, 0.1) is 5.82 Å². The van der Waals surface area contributed by atoms with Crippen molar-refractivity contribution in [2.24, 2.45) is 0 Å². The molecule has 0 saturated heterocycles. The zero-order valence-electron chi connectivity index (χ0n) is 7.70. The van der Waals surface area contributed by atoms with Crippen molar-refractivity contribution in [1.82, 2.24) is 0 Å². The second-order valence-corrected chi connectivity index (χ2v) is 3.17. The van der Waals surface area contributed by atoms with Gasteiger partial charge in [-0.2, -0.15) is 0 Å². The predicted octanol–water partition coefficient (Wildman–Crippen LogP) is 1.61. The van der Waals surface area contributed by atoms with E-state index in [1.807, 2.05) is 0 Å². The van der Waals surface area contributed by atoms with Crippen molar-refractivity contribution in [3.63, 3.8) is 0 Å². The highest BCUT2D eigenvalue weighted by Gasteiger charge is 2.19. The van der Waals surface area contributed by atoms with Gasteiger partial charge in [-0.25, -0.2) is 9.18 Å². The van der Waals surface area contributed by atoms with E-state index >= 15 is 0 Å². The Bertz CT molecular complexity index is 394. The zero-order chi connectivity index (χ0) is 11.6. The van der Waals surface area contributed by atoms with E-state index in [1.54, 1.807) is 0 Å². The highest BCUT2D eigenvalue weighted by molar-refractivity contribution is 6.31. The Morgan fingerprint density at radius 2 is 2.20 bits per heavy atom. The first-order chi connectivity index (χ1) is 6.97. The minimum absolute atomic E-state index is 0.0363. The molecular weight excluding hydrogens is 227 g/mol. The lowest BCUT2D eigenvalue weighted by atomic mass is 10.1. The molecule has 82 valence electrons. The molecule has 0 aromatic heterocycles. The molecule has 0 aliphatic heterocycles. The number of methoxy groups -OCH3 is 1. The Hall–Kier alpha value is -1.33. The van der Waals surface area contributed by atoms with Gasteiger partial charge in [0.25, 0.3) is 0 Å². The fourth-order valence-electron chi connectivity index (χ4n) is 1.03. The zero-order valence-corrected chi connectivity index (χ0v) is 8.45. The van der Waals surface area contributed by atoms with Gasteiger partial charge in [0.1, 0.15) is 0 Å². The Morgan fingerprint density at radius 3 is 2.67 bits per heavy atom. The van der Waals surface area contributed by atoms with Crippen LogP contribution in [0.25, 0.3) is 0 Å². The monoisotopic (exact) mass is 234 g/mol. The number of aliphatic hydroxyl groups excluding tert-OH is 1. The normalized spacial score (nSPS) is 12.3. The standard InChI is InChI=1S/C9H8ClFO4/c1-15-6-3-4(8(12)9(13)14)2-5(10)7(6)11/h2-3,8,12H,1H3,(H,13,14). The third-order valence-corrected chi connectivity index (χ3v) is 2.06. The van der Waals surface area contributed by atoms with Crippen LogP contribution >= 0.6 is 11.6 Å². The van der Waals surface area contributed by atoms with E-state index in [2.05, 4.69) is 4.74 Å². The minimum atomic E-state index is -1.75. The number of hydrogen-bond donors (Lipinski definition) is 2. The molecule has 4 nitrogen and oxygen atoms in total. The second-order valence-electron chi connectivity index (χ2n) is 2.76. The van der Waals surface area contributed by atoms with Gasteiger partial charge in [-0.3, -0.25) is 0 Å². The SMILES string of the molecule is COc1cc(C(O)C(=O)O)cc(Cl)c1F. The van der Waals surface area contributed by atoms with Crippen LogP contribution in [0.4, 0.5) is 4.39 Å². The molecule has 6 heteroatoms. The predicted molar refractivity (Wildman–Crippen MR) is 50.6 cm³/mol. The van der Waals surface area contributed by atoms with Crippen molar-refractivity contribution in [1.29, 1.82) is 0 Å². The summed E-state index contributed by atoms with van der Waals surface area (Å²) in [7, 11) is 1.21. The Morgan fingerprint density at radius 1 is 1.60 bits per heavy atom. The molecule has 0 heterocycles. The van der Waals surface area contributed by atoms with E-state index in [0.717, 1.165) is 12.1 Å². The summed E-state index contributed by atoms with van der Waals surface area (Å²) in [6.07, 6.45) is -1.75. The molecule has 0 aliphatic carbocycles. The molecule has 0 amide bonds. The number of aliphatic carboxylic acids is 1. The molecule has 1 rings (SSSR count). The average molecular weight is 235 g/mol. The Kier molecular flexibility index (Phi) is 3.49. The summed E-state index contributed by atoms with van der Waals surface area (Å²) < 4.78 is 17.8. The van der Waals surface area contributed by atoms with Crippen molar-refractivity contribution in [2.45, 2.75) is 6.10 Å². The van der Waals surface area contributed by atoms with Crippen molar-refractivity contribution >= 4 is 17.6 Å². The van der Waals surface area contributed by atoms with Gasteiger partial charge in [0.05, 0.1) is 12.1 Å². The summed E-state index contributed by atoms with van der Waals surface area (Å²) in [5.41, 5.74) is -0.0363. The second kappa shape index (κ2) is 4.46. The first kappa shape index (κ1) is 11.7. The van der Waals surface area contributed by atoms with Crippen LogP contribution in [-0.4, -0.2) is 23.3 Å². The molecule has 0 fully saturated rings. The molecule has 0 saturated carbocycles. The molecule has 0 spiro atoms. The number of carbonyl (C=O) groups is 1. The molecule has 0 bridgehead atoms. The number of halogens is 2. The molecule has 1 atom stereocenters. The van der Waals surface area contributed by atoms with Crippen LogP contribution < -0.4 is 4.74 Å². The van der Waals surface area contributed by atoms with E-state index in [0.29, 0.717) is 0 Å². The number of rotatable bonds is 3. The number of hydrogen-bond acceptors (Lipinski definition) is 3. The van der Waals surface area contributed by atoms with Gasteiger partial charge >= 0.3 is 5.97 Å². The summed E-state index contributed by atoms with van der Waals surface area (Å²) in [6, 6.07) is 2.12. The van der Waals surface area contributed by atoms with Crippen molar-refractivity contribution < 1.29 is 24.1 Å². The summed E-state index contributed by atoms with van der Waals surface area (Å²) in [5, 5.41) is 17.4. The number of ether oxygens (including phenoxy) is 1. The van der Waals surface area contributed by atoms with Crippen LogP contribution in [0.15, 0.2) is 12.1 Å². The highest BCUT2D eigenvalue weighted by atomic mass is 35.5. The lowest BCUT2D eigenvalue weighted by Gasteiger charge is -2.09. The summed E-state index contributed by atoms with van der Waals surface area (Å²) in [4.78, 5) is 10.5. The molecule has 0 aliphatic rings. The lowest BCUT2D eigenvalue weighted by Crippen LogP contribution is -2.10. The number of carboxylic acid groups (broad SMARTS) is 1. The molecule has 1 aromatic rings. The Balaban J connectivity index is 3.22. The quantitative estimate of drug-likeness (QED) is 0.834. The molecular formula is C9H8ClFO4. The fraction of sp³-hybridized carbons (Fsp3) is 0.222. The molecule has 2 N–H and O–H groups in total. The molecule has 1 unspecified atom stereocenters. The van der Waals surface area contributed by atoms with E-state index in [9.17, 15) is 14.3 Å². The van der Waals surface area contributed by atoms with E-state index in [4.69, 9.17) is 16.7 Å². The van der Waals surface area contributed by atoms with Gasteiger partial charge in [0.2, 0.25) is 0 Å². The van der Waals surface area contributed by atoms with Gasteiger partial charge in [-0.05, 0) is 17.7 Å². The first-order valence-electron chi connectivity index (χ1n) is 3.91. The summed E-state index contributed by atoms with van der Waals surface area (Å²) >= 11 is 5.49. The first-order valence-corrected chi connectivity index (χ1v) is 4.29. The van der Waals surface area contributed by atoms with Crippen molar-refractivity contribution in [2.75, 3.05) is 7.11 Å². The average Bonchev–Trinajstić information content (AvgIpc) is 2.20. The number of benzene rings is 1. The maximum Gasteiger partial charge on any atom is 0.337 e. The van der Waals surface area contributed by atoms with E-state index in [-0.39, 0.29) is 16.3 Å². The molecule has 1 aromatic carbocycles. The van der Waals surface area contributed by atoms with Gasteiger partial charge in [-0.15, -0.1) is 0 Å². The van der Waals surface area contributed by atoms with Gasteiger partial charge in [0, 0.05) is 0 Å². The van der Waals surface area contributed by atoms with Crippen LogP contribution in [0.2, 0.25) is 5.02 Å². The maximum absolute atomic E-state index is 13.2. The fourth-order valence-corrected chi connectivity index (χ4v) is 1.25. The third-order valence-electron chi connectivity index (χ3n) is 1.79. The van der Waals surface area contributed by atoms with Crippen molar-refractivity contribution in [3.05, 3.63) is 28.5 Å². The van der Waals surface area contributed by atoms with Crippen LogP contribution in [-0.2, 0) is 4.79 Å². The van der Waals surface area contributed by atoms with Crippen LogP contribution in [0.5, 0.6) is 5.75 Å². The number of carboxylic acids is 1. The molecule has 0 radical (unpaired) electrons. The highest BCUT2D eigenvalue weighted by Crippen LogP contribution is 2.29.